The molecule has 1 fully saturated rings. The molecule has 0 spiro atoms. The van der Waals surface area contributed by atoms with Crippen LogP contribution in [-0.2, 0) is 16.0 Å². The Balaban J connectivity index is 1.66. The summed E-state index contributed by atoms with van der Waals surface area (Å²) in [5.41, 5.74) is 3.43. The van der Waals surface area contributed by atoms with Crippen LogP contribution in [0, 0.1) is 0 Å². The minimum Gasteiger partial charge on any atom is -0.507 e. The SMILES string of the molecule is CC(C)c1ccc([C@@H]2/C(=C(\O)c3ccc4c(c3)C[C@H](C)O4)C(=O)C(=O)N2c2nccs2)cc1. The standard InChI is InChI=1S/C26H24N2O4S/c1-14(2)16-4-6-17(7-5-16)22-21(24(30)25(31)28(22)26-27-10-11-33-26)23(29)18-8-9-20-19(13-18)12-15(3)32-20/h4-11,13-15,22,29H,12H2,1-3H3/b23-21+/t15-,22+/m0/s1. The number of aliphatic hydroxyl groups is 1. The van der Waals surface area contributed by atoms with Crippen molar-refractivity contribution in [3.8, 4) is 5.75 Å². The van der Waals surface area contributed by atoms with Crippen molar-refractivity contribution in [3.05, 3.63) is 81.9 Å². The molecule has 3 heterocycles. The van der Waals surface area contributed by atoms with E-state index >= 15 is 0 Å². The molecule has 0 radical (unpaired) electrons. The van der Waals surface area contributed by atoms with Crippen molar-refractivity contribution in [1.29, 1.82) is 0 Å². The van der Waals surface area contributed by atoms with Crippen molar-refractivity contribution in [3.63, 3.8) is 0 Å². The number of anilines is 1. The Kier molecular flexibility index (Phi) is 5.29. The minimum atomic E-state index is -0.763. The lowest BCUT2D eigenvalue weighted by Gasteiger charge is -2.23. The van der Waals surface area contributed by atoms with E-state index in [1.807, 2.05) is 37.3 Å². The zero-order chi connectivity index (χ0) is 23.3. The van der Waals surface area contributed by atoms with Gasteiger partial charge in [-0.1, -0.05) is 38.1 Å². The quantitative estimate of drug-likeness (QED) is 0.328. The van der Waals surface area contributed by atoms with Crippen LogP contribution in [-0.4, -0.2) is 27.9 Å². The van der Waals surface area contributed by atoms with Gasteiger partial charge in [-0.25, -0.2) is 4.98 Å². The summed E-state index contributed by atoms with van der Waals surface area (Å²) in [5.74, 6) is -0.468. The molecule has 7 heteroatoms. The lowest BCUT2D eigenvalue weighted by atomic mass is 9.93. The molecule has 2 aliphatic rings. The number of aliphatic hydroxyl groups excluding tert-OH is 1. The predicted molar refractivity (Wildman–Crippen MR) is 128 cm³/mol. The van der Waals surface area contributed by atoms with Crippen LogP contribution in [0.15, 0.2) is 59.6 Å². The maximum Gasteiger partial charge on any atom is 0.301 e. The monoisotopic (exact) mass is 460 g/mol. The maximum absolute atomic E-state index is 13.2. The molecule has 33 heavy (non-hydrogen) atoms. The third kappa shape index (κ3) is 3.62. The summed E-state index contributed by atoms with van der Waals surface area (Å²) >= 11 is 1.28. The highest BCUT2D eigenvalue weighted by atomic mass is 32.1. The molecule has 1 aromatic heterocycles. The Hall–Kier alpha value is -3.45. The summed E-state index contributed by atoms with van der Waals surface area (Å²) in [6.07, 6.45) is 2.39. The van der Waals surface area contributed by atoms with Crippen LogP contribution in [0.3, 0.4) is 0 Å². The zero-order valence-corrected chi connectivity index (χ0v) is 19.4. The summed E-state index contributed by atoms with van der Waals surface area (Å²) in [6, 6.07) is 12.4. The molecule has 0 aliphatic carbocycles. The lowest BCUT2D eigenvalue weighted by Crippen LogP contribution is -2.29. The van der Waals surface area contributed by atoms with Gasteiger partial charge in [-0.05, 0) is 47.7 Å². The summed E-state index contributed by atoms with van der Waals surface area (Å²) in [7, 11) is 0. The van der Waals surface area contributed by atoms with Crippen LogP contribution < -0.4 is 9.64 Å². The van der Waals surface area contributed by atoms with Crippen LogP contribution in [0.4, 0.5) is 5.13 Å². The molecule has 1 N–H and O–H groups in total. The van der Waals surface area contributed by atoms with E-state index in [4.69, 9.17) is 4.74 Å². The van der Waals surface area contributed by atoms with Gasteiger partial charge < -0.3 is 9.84 Å². The van der Waals surface area contributed by atoms with Gasteiger partial charge in [0.05, 0.1) is 11.6 Å². The number of ketones is 1. The number of benzene rings is 2. The molecular weight excluding hydrogens is 436 g/mol. The van der Waals surface area contributed by atoms with E-state index in [9.17, 15) is 14.7 Å². The summed E-state index contributed by atoms with van der Waals surface area (Å²) < 4.78 is 5.76. The molecule has 1 amide bonds. The van der Waals surface area contributed by atoms with Crippen LogP contribution in [0.25, 0.3) is 5.76 Å². The van der Waals surface area contributed by atoms with Crippen molar-refractivity contribution < 1.29 is 19.4 Å². The van der Waals surface area contributed by atoms with Gasteiger partial charge in [0.2, 0.25) is 0 Å². The topological polar surface area (TPSA) is 79.7 Å². The van der Waals surface area contributed by atoms with Crippen LogP contribution in [0.1, 0.15) is 55.0 Å². The van der Waals surface area contributed by atoms with Crippen LogP contribution >= 0.6 is 11.3 Å². The predicted octanol–water partition coefficient (Wildman–Crippen LogP) is 5.22. The number of carbonyl (C=O) groups excluding carboxylic acids is 2. The number of carbonyl (C=O) groups is 2. The van der Waals surface area contributed by atoms with Gasteiger partial charge in [-0.15, -0.1) is 11.3 Å². The first-order valence-electron chi connectivity index (χ1n) is 11.0. The Bertz CT molecular complexity index is 1260. The van der Waals surface area contributed by atoms with Gasteiger partial charge in [0, 0.05) is 23.6 Å². The third-order valence-corrected chi connectivity index (χ3v) is 6.93. The second-order valence-electron chi connectivity index (χ2n) is 8.76. The maximum atomic E-state index is 13.2. The molecular formula is C26H24N2O4S. The van der Waals surface area contributed by atoms with Crippen molar-refractivity contribution in [2.45, 2.75) is 45.3 Å². The first-order valence-corrected chi connectivity index (χ1v) is 11.8. The van der Waals surface area contributed by atoms with Gasteiger partial charge >= 0.3 is 5.91 Å². The Morgan fingerprint density at radius 3 is 2.61 bits per heavy atom. The fraction of sp³-hybridized carbons (Fsp3) is 0.269. The normalized spacial score (nSPS) is 21.5. The zero-order valence-electron chi connectivity index (χ0n) is 18.6. The van der Waals surface area contributed by atoms with Crippen molar-refractivity contribution in [1.82, 2.24) is 4.98 Å². The molecule has 2 aromatic carbocycles. The van der Waals surface area contributed by atoms with Crippen molar-refractivity contribution >= 4 is 33.9 Å². The fourth-order valence-corrected chi connectivity index (χ4v) is 5.14. The van der Waals surface area contributed by atoms with Gasteiger partial charge in [-0.2, -0.15) is 0 Å². The highest BCUT2D eigenvalue weighted by molar-refractivity contribution is 7.14. The first-order chi connectivity index (χ1) is 15.8. The smallest absolute Gasteiger partial charge is 0.301 e. The van der Waals surface area contributed by atoms with E-state index in [1.54, 1.807) is 23.7 Å². The van der Waals surface area contributed by atoms with Crippen molar-refractivity contribution in [2.75, 3.05) is 4.90 Å². The molecule has 2 atom stereocenters. The van der Waals surface area contributed by atoms with Gasteiger partial charge in [0.25, 0.3) is 5.78 Å². The number of amides is 1. The molecule has 168 valence electrons. The van der Waals surface area contributed by atoms with Crippen LogP contribution in [0.2, 0.25) is 0 Å². The molecule has 2 aliphatic heterocycles. The van der Waals surface area contributed by atoms with Gasteiger partial charge in [0.1, 0.15) is 17.6 Å². The Morgan fingerprint density at radius 1 is 1.18 bits per heavy atom. The van der Waals surface area contributed by atoms with Crippen LogP contribution in [0.5, 0.6) is 5.75 Å². The number of rotatable bonds is 4. The third-order valence-electron chi connectivity index (χ3n) is 6.16. The Labute approximate surface area is 196 Å². The molecule has 0 bridgehead atoms. The number of ether oxygens (including phenoxy) is 1. The second kappa shape index (κ2) is 8.15. The van der Waals surface area contributed by atoms with Crippen molar-refractivity contribution in [2.24, 2.45) is 0 Å². The average molecular weight is 461 g/mol. The minimum absolute atomic E-state index is 0.0624. The highest BCUT2D eigenvalue weighted by Gasteiger charge is 2.48. The second-order valence-corrected chi connectivity index (χ2v) is 9.63. The van der Waals surface area contributed by atoms with E-state index < -0.39 is 17.7 Å². The lowest BCUT2D eigenvalue weighted by molar-refractivity contribution is -0.132. The number of thiazole rings is 1. The molecule has 6 nitrogen and oxygen atoms in total. The number of nitrogens with zero attached hydrogens (tertiary/aromatic N) is 2. The fourth-order valence-electron chi connectivity index (χ4n) is 4.47. The number of hydrogen-bond acceptors (Lipinski definition) is 6. The van der Waals surface area contributed by atoms with E-state index in [0.29, 0.717) is 16.6 Å². The summed E-state index contributed by atoms with van der Waals surface area (Å²) in [4.78, 5) is 32.0. The first kappa shape index (κ1) is 21.4. The number of hydrogen-bond donors (Lipinski definition) is 1. The summed E-state index contributed by atoms with van der Waals surface area (Å²) in [5, 5.41) is 13.5. The number of aromatic nitrogens is 1. The van der Waals surface area contributed by atoms with E-state index in [2.05, 4.69) is 18.8 Å². The molecule has 1 saturated heterocycles. The van der Waals surface area contributed by atoms with E-state index in [0.717, 1.165) is 28.9 Å². The molecule has 3 aromatic rings. The van der Waals surface area contributed by atoms with E-state index in [-0.39, 0.29) is 17.4 Å². The average Bonchev–Trinajstić information content (AvgIpc) is 3.51. The van der Waals surface area contributed by atoms with E-state index in [1.165, 1.54) is 16.2 Å². The summed E-state index contributed by atoms with van der Waals surface area (Å²) in [6.45, 7) is 6.20. The van der Waals surface area contributed by atoms with Gasteiger partial charge in [0.15, 0.2) is 5.13 Å². The van der Waals surface area contributed by atoms with Gasteiger partial charge in [-0.3, -0.25) is 14.5 Å². The number of Topliss-reactive ketones (excluding diaryl/α,β-unsaturated/α-hetero) is 1. The highest BCUT2D eigenvalue weighted by Crippen LogP contribution is 2.43. The molecule has 0 saturated carbocycles. The number of fused-ring (bicyclic) bond motifs is 1. The molecule has 0 unspecified atom stereocenters. The Morgan fingerprint density at radius 2 is 1.94 bits per heavy atom. The largest absolute Gasteiger partial charge is 0.507 e. The molecule has 5 rings (SSSR count).